The Bertz CT molecular complexity index is 640. The number of carbonyl (C=O) groups excluding carboxylic acids is 1. The van der Waals surface area contributed by atoms with Crippen LogP contribution in [0.4, 0.5) is 4.79 Å². The normalized spacial score (nSPS) is 17.2. The average molecular weight is 310 g/mol. The van der Waals surface area contributed by atoms with E-state index in [0.29, 0.717) is 6.54 Å². The quantitative estimate of drug-likeness (QED) is 0.910. The first-order valence-corrected chi connectivity index (χ1v) is 8.08. The summed E-state index contributed by atoms with van der Waals surface area (Å²) in [4.78, 5) is 14.4. The number of urea groups is 1. The zero-order chi connectivity index (χ0) is 16.1. The minimum absolute atomic E-state index is 0.00324. The van der Waals surface area contributed by atoms with Gasteiger partial charge >= 0.3 is 6.03 Å². The van der Waals surface area contributed by atoms with Crippen molar-refractivity contribution in [2.45, 2.75) is 31.8 Å². The fourth-order valence-electron chi connectivity index (χ4n) is 3.09. The first kappa shape index (κ1) is 15.4. The maximum absolute atomic E-state index is 12.5. The van der Waals surface area contributed by atoms with E-state index in [9.17, 15) is 9.90 Å². The van der Waals surface area contributed by atoms with Gasteiger partial charge in [-0.25, -0.2) is 4.79 Å². The lowest BCUT2D eigenvalue weighted by Crippen LogP contribution is -2.43. The van der Waals surface area contributed by atoms with Gasteiger partial charge in [0.1, 0.15) is 5.75 Å². The second-order valence-electron chi connectivity index (χ2n) is 6.00. The standard InChI is InChI=1S/C19H22N2O2/c22-18-10-8-16(9-11-18)14-20-19(23)21-12-4-7-17(21)13-15-5-2-1-3-6-15/h1-3,5-6,8-11,17,22H,4,7,12-14H2,(H,20,23)/t17-/m0/s1. The van der Waals surface area contributed by atoms with Gasteiger partial charge in [0.05, 0.1) is 0 Å². The molecule has 1 heterocycles. The van der Waals surface area contributed by atoms with E-state index in [1.54, 1.807) is 12.1 Å². The van der Waals surface area contributed by atoms with Crippen LogP contribution in [0.1, 0.15) is 24.0 Å². The Morgan fingerprint density at radius 3 is 2.57 bits per heavy atom. The highest BCUT2D eigenvalue weighted by Crippen LogP contribution is 2.21. The fraction of sp³-hybridized carbons (Fsp3) is 0.316. The van der Waals surface area contributed by atoms with Crippen molar-refractivity contribution in [1.82, 2.24) is 10.2 Å². The number of nitrogens with one attached hydrogen (secondary N) is 1. The molecule has 120 valence electrons. The topological polar surface area (TPSA) is 52.6 Å². The number of hydrogen-bond donors (Lipinski definition) is 2. The summed E-state index contributed by atoms with van der Waals surface area (Å²) in [6.45, 7) is 1.30. The number of benzene rings is 2. The molecule has 4 heteroatoms. The van der Waals surface area contributed by atoms with Crippen LogP contribution in [0, 0.1) is 0 Å². The van der Waals surface area contributed by atoms with Crippen LogP contribution in [0.3, 0.4) is 0 Å². The molecule has 0 unspecified atom stereocenters. The molecular formula is C19H22N2O2. The molecule has 2 N–H and O–H groups in total. The molecule has 0 saturated carbocycles. The minimum atomic E-state index is -0.00324. The highest BCUT2D eigenvalue weighted by Gasteiger charge is 2.28. The molecule has 1 aliphatic heterocycles. The van der Waals surface area contributed by atoms with Crippen LogP contribution in [-0.2, 0) is 13.0 Å². The van der Waals surface area contributed by atoms with Gasteiger partial charge in [-0.1, -0.05) is 42.5 Å². The number of phenolic OH excluding ortho intramolecular Hbond substituents is 1. The van der Waals surface area contributed by atoms with E-state index in [4.69, 9.17) is 0 Å². The van der Waals surface area contributed by atoms with Crippen LogP contribution in [0.2, 0.25) is 0 Å². The summed E-state index contributed by atoms with van der Waals surface area (Å²) in [5.41, 5.74) is 2.26. The Hall–Kier alpha value is -2.49. The highest BCUT2D eigenvalue weighted by atomic mass is 16.3. The molecule has 1 saturated heterocycles. The second-order valence-corrected chi connectivity index (χ2v) is 6.00. The minimum Gasteiger partial charge on any atom is -0.508 e. The summed E-state index contributed by atoms with van der Waals surface area (Å²) in [6.07, 6.45) is 3.03. The molecular weight excluding hydrogens is 288 g/mol. The Morgan fingerprint density at radius 2 is 1.83 bits per heavy atom. The molecule has 2 aromatic rings. The maximum Gasteiger partial charge on any atom is 0.317 e. The van der Waals surface area contributed by atoms with E-state index < -0.39 is 0 Å². The first-order chi connectivity index (χ1) is 11.2. The molecule has 2 aromatic carbocycles. The monoisotopic (exact) mass is 310 g/mol. The van der Waals surface area contributed by atoms with Gasteiger partial charge in [-0.05, 0) is 42.5 Å². The smallest absolute Gasteiger partial charge is 0.317 e. The summed E-state index contributed by atoms with van der Waals surface area (Å²) in [7, 11) is 0. The van der Waals surface area contributed by atoms with Crippen molar-refractivity contribution in [2.75, 3.05) is 6.54 Å². The molecule has 0 aromatic heterocycles. The highest BCUT2D eigenvalue weighted by molar-refractivity contribution is 5.74. The predicted octanol–water partition coefficient (Wildman–Crippen LogP) is 3.31. The lowest BCUT2D eigenvalue weighted by atomic mass is 10.0. The van der Waals surface area contributed by atoms with E-state index in [-0.39, 0.29) is 17.8 Å². The van der Waals surface area contributed by atoms with Crippen molar-refractivity contribution in [3.05, 3.63) is 65.7 Å². The van der Waals surface area contributed by atoms with Crippen molar-refractivity contribution < 1.29 is 9.90 Å². The molecule has 0 spiro atoms. The lowest BCUT2D eigenvalue weighted by Gasteiger charge is -2.25. The molecule has 0 bridgehead atoms. The average Bonchev–Trinajstić information content (AvgIpc) is 3.03. The molecule has 23 heavy (non-hydrogen) atoms. The molecule has 1 aliphatic rings. The Kier molecular flexibility index (Phi) is 4.81. The number of amides is 2. The van der Waals surface area contributed by atoms with Gasteiger partial charge in [-0.2, -0.15) is 0 Å². The first-order valence-electron chi connectivity index (χ1n) is 8.08. The fourth-order valence-corrected chi connectivity index (χ4v) is 3.09. The van der Waals surface area contributed by atoms with Crippen LogP contribution in [0.25, 0.3) is 0 Å². The number of nitrogens with zero attached hydrogens (tertiary/aromatic N) is 1. The molecule has 1 fully saturated rings. The van der Waals surface area contributed by atoms with Gasteiger partial charge in [0.2, 0.25) is 0 Å². The number of hydrogen-bond acceptors (Lipinski definition) is 2. The third kappa shape index (κ3) is 4.03. The second kappa shape index (κ2) is 7.18. The molecule has 2 amide bonds. The van der Waals surface area contributed by atoms with E-state index in [1.807, 2.05) is 35.2 Å². The largest absolute Gasteiger partial charge is 0.508 e. The number of likely N-dealkylation sites (tertiary alicyclic amines) is 1. The zero-order valence-corrected chi connectivity index (χ0v) is 13.1. The number of aromatic hydroxyl groups is 1. The number of carbonyl (C=O) groups is 1. The van der Waals surface area contributed by atoms with Crippen LogP contribution in [-0.4, -0.2) is 28.6 Å². The van der Waals surface area contributed by atoms with E-state index in [2.05, 4.69) is 17.4 Å². The molecule has 4 nitrogen and oxygen atoms in total. The third-order valence-corrected chi connectivity index (χ3v) is 4.33. The van der Waals surface area contributed by atoms with Crippen molar-refractivity contribution >= 4 is 6.03 Å². The van der Waals surface area contributed by atoms with E-state index >= 15 is 0 Å². The zero-order valence-electron chi connectivity index (χ0n) is 13.1. The molecule has 0 radical (unpaired) electrons. The number of rotatable bonds is 4. The predicted molar refractivity (Wildman–Crippen MR) is 90.2 cm³/mol. The van der Waals surface area contributed by atoms with Gasteiger partial charge in [0, 0.05) is 19.1 Å². The van der Waals surface area contributed by atoms with Gasteiger partial charge in [-0.3, -0.25) is 0 Å². The van der Waals surface area contributed by atoms with Gasteiger partial charge in [-0.15, -0.1) is 0 Å². The van der Waals surface area contributed by atoms with Crippen molar-refractivity contribution in [3.8, 4) is 5.75 Å². The summed E-state index contributed by atoms with van der Waals surface area (Å²) < 4.78 is 0. The lowest BCUT2D eigenvalue weighted by molar-refractivity contribution is 0.192. The van der Waals surface area contributed by atoms with Gasteiger partial charge in [0.15, 0.2) is 0 Å². The van der Waals surface area contributed by atoms with Crippen molar-refractivity contribution in [3.63, 3.8) is 0 Å². The summed E-state index contributed by atoms with van der Waals surface area (Å²) in [5, 5.41) is 12.3. The van der Waals surface area contributed by atoms with Gasteiger partial charge in [0.25, 0.3) is 0 Å². The van der Waals surface area contributed by atoms with E-state index in [1.165, 1.54) is 5.56 Å². The molecule has 1 atom stereocenters. The third-order valence-electron chi connectivity index (χ3n) is 4.33. The van der Waals surface area contributed by atoms with Crippen LogP contribution in [0.5, 0.6) is 5.75 Å². The van der Waals surface area contributed by atoms with Crippen LogP contribution >= 0.6 is 0 Å². The Labute approximate surface area is 136 Å². The number of phenols is 1. The summed E-state index contributed by atoms with van der Waals surface area (Å²) in [6, 6.07) is 17.5. The summed E-state index contributed by atoms with van der Waals surface area (Å²) in [5.74, 6) is 0.238. The molecule has 3 rings (SSSR count). The van der Waals surface area contributed by atoms with Gasteiger partial charge < -0.3 is 15.3 Å². The van der Waals surface area contributed by atoms with E-state index in [0.717, 1.165) is 31.4 Å². The van der Waals surface area contributed by atoms with Crippen molar-refractivity contribution in [1.29, 1.82) is 0 Å². The maximum atomic E-state index is 12.5. The van der Waals surface area contributed by atoms with Crippen molar-refractivity contribution in [2.24, 2.45) is 0 Å². The molecule has 0 aliphatic carbocycles. The van der Waals surface area contributed by atoms with Crippen LogP contribution < -0.4 is 5.32 Å². The summed E-state index contributed by atoms with van der Waals surface area (Å²) >= 11 is 0. The Balaban J connectivity index is 1.56. The Morgan fingerprint density at radius 1 is 1.09 bits per heavy atom. The SMILES string of the molecule is O=C(NCc1ccc(O)cc1)N1CCC[C@H]1Cc1ccccc1. The van der Waals surface area contributed by atoms with Crippen LogP contribution in [0.15, 0.2) is 54.6 Å².